The Morgan fingerprint density at radius 2 is 2.10 bits per heavy atom. The number of rotatable bonds is 5. The minimum atomic E-state index is -0.216. The van der Waals surface area contributed by atoms with Gasteiger partial charge in [-0.3, -0.25) is 4.79 Å². The zero-order valence-corrected chi connectivity index (χ0v) is 12.4. The van der Waals surface area contributed by atoms with E-state index in [1.54, 1.807) is 0 Å². The molecule has 0 saturated heterocycles. The highest BCUT2D eigenvalue weighted by molar-refractivity contribution is 5.88. The van der Waals surface area contributed by atoms with E-state index in [9.17, 15) is 4.79 Å². The normalized spacial score (nSPS) is 18.7. The maximum atomic E-state index is 12.2. The second-order valence-corrected chi connectivity index (χ2v) is 5.62. The summed E-state index contributed by atoms with van der Waals surface area (Å²) in [5, 5.41) is 9.64. The van der Waals surface area contributed by atoms with Crippen LogP contribution >= 0.6 is 0 Å². The van der Waals surface area contributed by atoms with Crippen molar-refractivity contribution in [2.45, 2.75) is 25.4 Å². The average molecular weight is 276 g/mol. The van der Waals surface area contributed by atoms with Crippen LogP contribution in [-0.4, -0.2) is 50.1 Å². The summed E-state index contributed by atoms with van der Waals surface area (Å²) in [5.74, 6) is 0.0539. The van der Waals surface area contributed by atoms with Gasteiger partial charge in [-0.05, 0) is 46.1 Å². The first-order valence-corrected chi connectivity index (χ1v) is 7.11. The molecule has 2 rings (SSSR count). The Hall–Kier alpha value is -1.75. The summed E-state index contributed by atoms with van der Waals surface area (Å²) in [5.41, 5.74) is 2.04. The molecular formula is C15H24N4O. The molecule has 0 bridgehead atoms. The molecule has 0 saturated carbocycles. The van der Waals surface area contributed by atoms with E-state index in [4.69, 9.17) is 0 Å². The summed E-state index contributed by atoms with van der Waals surface area (Å²) in [6, 6.07) is 7.91. The first-order valence-electron chi connectivity index (χ1n) is 7.11. The van der Waals surface area contributed by atoms with Crippen molar-refractivity contribution in [1.29, 1.82) is 0 Å². The number of carbonyl (C=O) groups is 1. The van der Waals surface area contributed by atoms with Crippen LogP contribution in [0.5, 0.6) is 0 Å². The molecule has 0 aliphatic carbocycles. The number of fused-ring (bicyclic) bond motifs is 1. The molecule has 5 nitrogen and oxygen atoms in total. The second kappa shape index (κ2) is 6.61. The van der Waals surface area contributed by atoms with Crippen LogP contribution in [0.1, 0.15) is 13.3 Å². The fourth-order valence-electron chi connectivity index (χ4n) is 2.24. The standard InChI is InChI=1S/C15H24N4O/c1-11(8-9-19(2)3)17-15(20)14-10-16-12-6-4-5-7-13(12)18-14/h4-7,11,14,16,18H,8-10H2,1-3H3,(H,17,20). The number of carbonyl (C=O) groups excluding carboxylic acids is 1. The van der Waals surface area contributed by atoms with Gasteiger partial charge in [0.2, 0.25) is 5.91 Å². The Morgan fingerprint density at radius 3 is 2.80 bits per heavy atom. The molecule has 1 aromatic carbocycles. The number of para-hydroxylation sites is 2. The lowest BCUT2D eigenvalue weighted by Crippen LogP contribution is -2.49. The Labute approximate surface area is 120 Å². The van der Waals surface area contributed by atoms with E-state index in [0.29, 0.717) is 6.54 Å². The minimum Gasteiger partial charge on any atom is -0.381 e. The Bertz CT molecular complexity index is 461. The van der Waals surface area contributed by atoms with Crippen LogP contribution < -0.4 is 16.0 Å². The first-order chi connectivity index (χ1) is 9.56. The number of hydrogen-bond donors (Lipinski definition) is 3. The lowest BCUT2D eigenvalue weighted by Gasteiger charge is -2.28. The summed E-state index contributed by atoms with van der Waals surface area (Å²) in [4.78, 5) is 14.4. The van der Waals surface area contributed by atoms with Crippen LogP contribution in [0.15, 0.2) is 24.3 Å². The molecule has 1 amide bonds. The van der Waals surface area contributed by atoms with Crippen molar-refractivity contribution in [2.24, 2.45) is 0 Å². The molecule has 1 aliphatic rings. The molecule has 2 atom stereocenters. The molecule has 1 aromatic rings. The summed E-state index contributed by atoms with van der Waals surface area (Å²) in [7, 11) is 4.08. The number of nitrogens with zero attached hydrogens (tertiary/aromatic N) is 1. The van der Waals surface area contributed by atoms with Gasteiger partial charge in [0.25, 0.3) is 0 Å². The number of benzene rings is 1. The molecule has 0 spiro atoms. The van der Waals surface area contributed by atoms with Gasteiger partial charge in [0.1, 0.15) is 6.04 Å². The van der Waals surface area contributed by atoms with Gasteiger partial charge >= 0.3 is 0 Å². The maximum absolute atomic E-state index is 12.2. The number of amides is 1. The predicted molar refractivity (Wildman–Crippen MR) is 83.1 cm³/mol. The minimum absolute atomic E-state index is 0.0539. The summed E-state index contributed by atoms with van der Waals surface area (Å²) in [6.45, 7) is 3.63. The third-order valence-electron chi connectivity index (χ3n) is 3.47. The zero-order valence-electron chi connectivity index (χ0n) is 12.4. The monoisotopic (exact) mass is 276 g/mol. The number of anilines is 2. The van der Waals surface area contributed by atoms with Crippen LogP contribution in [0.2, 0.25) is 0 Å². The van der Waals surface area contributed by atoms with Crippen LogP contribution in [-0.2, 0) is 4.79 Å². The highest BCUT2D eigenvalue weighted by Crippen LogP contribution is 2.25. The number of nitrogens with one attached hydrogen (secondary N) is 3. The molecule has 2 unspecified atom stereocenters. The van der Waals surface area contributed by atoms with Crippen molar-refractivity contribution in [3.63, 3.8) is 0 Å². The third-order valence-corrected chi connectivity index (χ3v) is 3.47. The maximum Gasteiger partial charge on any atom is 0.244 e. The molecule has 5 heteroatoms. The first kappa shape index (κ1) is 14.7. The molecule has 110 valence electrons. The molecule has 3 N–H and O–H groups in total. The Balaban J connectivity index is 1.85. The van der Waals surface area contributed by atoms with Gasteiger partial charge in [-0.25, -0.2) is 0 Å². The molecule has 0 radical (unpaired) electrons. The van der Waals surface area contributed by atoms with Gasteiger partial charge in [0.15, 0.2) is 0 Å². The van der Waals surface area contributed by atoms with E-state index in [2.05, 4.69) is 20.9 Å². The van der Waals surface area contributed by atoms with Crippen LogP contribution in [0.4, 0.5) is 11.4 Å². The fraction of sp³-hybridized carbons (Fsp3) is 0.533. The van der Waals surface area contributed by atoms with Crippen molar-refractivity contribution in [1.82, 2.24) is 10.2 Å². The molecule has 20 heavy (non-hydrogen) atoms. The molecular weight excluding hydrogens is 252 g/mol. The zero-order chi connectivity index (χ0) is 14.5. The lowest BCUT2D eigenvalue weighted by atomic mass is 10.1. The lowest BCUT2D eigenvalue weighted by molar-refractivity contribution is -0.122. The van der Waals surface area contributed by atoms with Gasteiger partial charge in [0, 0.05) is 12.6 Å². The Morgan fingerprint density at radius 1 is 1.40 bits per heavy atom. The SMILES string of the molecule is CC(CCN(C)C)NC(=O)C1CNc2ccccc2N1. The molecule has 0 fully saturated rings. The third kappa shape index (κ3) is 3.87. The van der Waals surface area contributed by atoms with Crippen LogP contribution in [0.25, 0.3) is 0 Å². The molecule has 0 aromatic heterocycles. The summed E-state index contributed by atoms with van der Waals surface area (Å²) in [6.07, 6.45) is 0.954. The topological polar surface area (TPSA) is 56.4 Å². The highest BCUT2D eigenvalue weighted by atomic mass is 16.2. The highest BCUT2D eigenvalue weighted by Gasteiger charge is 2.24. The summed E-state index contributed by atoms with van der Waals surface area (Å²) < 4.78 is 0. The van der Waals surface area contributed by atoms with Gasteiger partial charge in [-0.1, -0.05) is 12.1 Å². The largest absolute Gasteiger partial charge is 0.381 e. The van der Waals surface area contributed by atoms with Crippen molar-refractivity contribution >= 4 is 17.3 Å². The van der Waals surface area contributed by atoms with E-state index in [0.717, 1.165) is 24.3 Å². The van der Waals surface area contributed by atoms with Crippen molar-refractivity contribution in [3.05, 3.63) is 24.3 Å². The van der Waals surface area contributed by atoms with E-state index >= 15 is 0 Å². The van der Waals surface area contributed by atoms with Crippen molar-refractivity contribution < 1.29 is 4.79 Å². The van der Waals surface area contributed by atoms with Crippen LogP contribution in [0.3, 0.4) is 0 Å². The smallest absolute Gasteiger partial charge is 0.244 e. The summed E-state index contributed by atoms with van der Waals surface area (Å²) >= 11 is 0. The van der Waals surface area contributed by atoms with Crippen LogP contribution in [0, 0.1) is 0 Å². The molecule has 1 heterocycles. The van der Waals surface area contributed by atoms with Crippen molar-refractivity contribution in [3.8, 4) is 0 Å². The van der Waals surface area contributed by atoms with Gasteiger partial charge < -0.3 is 20.9 Å². The molecule has 1 aliphatic heterocycles. The van der Waals surface area contributed by atoms with Gasteiger partial charge in [-0.15, -0.1) is 0 Å². The van der Waals surface area contributed by atoms with Gasteiger partial charge in [0.05, 0.1) is 11.4 Å². The predicted octanol–water partition coefficient (Wildman–Crippen LogP) is 1.35. The Kier molecular flexibility index (Phi) is 4.84. The van der Waals surface area contributed by atoms with E-state index < -0.39 is 0 Å². The average Bonchev–Trinajstić information content (AvgIpc) is 2.44. The van der Waals surface area contributed by atoms with Crippen molar-refractivity contribution in [2.75, 3.05) is 37.8 Å². The second-order valence-electron chi connectivity index (χ2n) is 5.62. The van der Waals surface area contributed by atoms with E-state index in [-0.39, 0.29) is 18.0 Å². The fourth-order valence-corrected chi connectivity index (χ4v) is 2.24. The number of hydrogen-bond acceptors (Lipinski definition) is 4. The quantitative estimate of drug-likeness (QED) is 0.760. The van der Waals surface area contributed by atoms with E-state index in [1.165, 1.54) is 0 Å². The van der Waals surface area contributed by atoms with E-state index in [1.807, 2.05) is 45.3 Å². The van der Waals surface area contributed by atoms with Gasteiger partial charge in [-0.2, -0.15) is 0 Å².